The number of benzene rings is 2. The van der Waals surface area contributed by atoms with Gasteiger partial charge in [-0.25, -0.2) is 22.3 Å². The summed E-state index contributed by atoms with van der Waals surface area (Å²) < 4.78 is 44.5. The third-order valence-electron chi connectivity index (χ3n) is 3.22. The lowest BCUT2D eigenvalue weighted by Crippen LogP contribution is -2.18. The molecule has 0 atom stereocenters. The Morgan fingerprint density at radius 2 is 1.83 bits per heavy atom. The van der Waals surface area contributed by atoms with E-state index in [0.29, 0.717) is 5.56 Å². The second-order valence-electron chi connectivity index (χ2n) is 4.65. The van der Waals surface area contributed by atoms with Crippen molar-refractivity contribution in [3.8, 4) is 11.1 Å². The van der Waals surface area contributed by atoms with Crippen molar-refractivity contribution in [2.75, 3.05) is 13.7 Å². The van der Waals surface area contributed by atoms with Crippen molar-refractivity contribution in [1.29, 1.82) is 0 Å². The van der Waals surface area contributed by atoms with Gasteiger partial charge in [0.15, 0.2) is 0 Å². The van der Waals surface area contributed by atoms with Crippen LogP contribution in [-0.4, -0.2) is 28.0 Å². The van der Waals surface area contributed by atoms with E-state index in [-0.39, 0.29) is 22.6 Å². The Morgan fingerprint density at radius 3 is 2.39 bits per heavy atom. The van der Waals surface area contributed by atoms with Gasteiger partial charge < -0.3 is 4.74 Å². The van der Waals surface area contributed by atoms with Gasteiger partial charge in [0.1, 0.15) is 5.82 Å². The zero-order chi connectivity index (χ0) is 17.0. The number of carbonyl (C=O) groups is 1. The molecule has 0 heterocycles. The topological polar surface area (TPSA) is 72.5 Å². The van der Waals surface area contributed by atoms with Crippen LogP contribution in [0.5, 0.6) is 0 Å². The molecule has 0 bridgehead atoms. The lowest BCUT2D eigenvalue weighted by molar-refractivity contribution is 0.0526. The summed E-state index contributed by atoms with van der Waals surface area (Å²) in [6, 6.07) is 9.62. The zero-order valence-electron chi connectivity index (χ0n) is 12.7. The van der Waals surface area contributed by atoms with Crippen LogP contribution in [0.1, 0.15) is 17.3 Å². The zero-order valence-corrected chi connectivity index (χ0v) is 13.5. The molecule has 0 amide bonds. The Kier molecular flexibility index (Phi) is 5.12. The van der Waals surface area contributed by atoms with Gasteiger partial charge in [0.2, 0.25) is 10.0 Å². The Bertz CT molecular complexity index is 816. The monoisotopic (exact) mass is 337 g/mol. The highest BCUT2D eigenvalue weighted by Crippen LogP contribution is 2.25. The Labute approximate surface area is 134 Å². The second-order valence-corrected chi connectivity index (χ2v) is 6.53. The molecule has 2 aromatic carbocycles. The molecule has 2 aromatic rings. The molecule has 0 aliphatic rings. The van der Waals surface area contributed by atoms with Crippen LogP contribution < -0.4 is 4.72 Å². The predicted molar refractivity (Wildman–Crippen MR) is 84.0 cm³/mol. The number of rotatable bonds is 5. The van der Waals surface area contributed by atoms with Crippen LogP contribution in [0, 0.1) is 5.82 Å². The first kappa shape index (κ1) is 17.1. The van der Waals surface area contributed by atoms with E-state index in [9.17, 15) is 17.6 Å². The van der Waals surface area contributed by atoms with Crippen LogP contribution in [0.4, 0.5) is 4.39 Å². The Hall–Kier alpha value is -2.25. The quantitative estimate of drug-likeness (QED) is 0.851. The predicted octanol–water partition coefficient (Wildman–Crippen LogP) is 2.58. The van der Waals surface area contributed by atoms with Crippen LogP contribution in [0.3, 0.4) is 0 Å². The van der Waals surface area contributed by atoms with E-state index >= 15 is 0 Å². The van der Waals surface area contributed by atoms with Crippen LogP contribution >= 0.6 is 0 Å². The highest BCUT2D eigenvalue weighted by atomic mass is 32.2. The number of hydrogen-bond acceptors (Lipinski definition) is 4. The van der Waals surface area contributed by atoms with Crippen LogP contribution in [0.15, 0.2) is 47.4 Å². The van der Waals surface area contributed by atoms with E-state index in [2.05, 4.69) is 4.72 Å². The fourth-order valence-electron chi connectivity index (χ4n) is 2.02. The number of esters is 1. The van der Waals surface area contributed by atoms with Crippen molar-refractivity contribution in [2.45, 2.75) is 11.8 Å². The van der Waals surface area contributed by atoms with Gasteiger partial charge >= 0.3 is 5.97 Å². The fourth-order valence-corrected chi connectivity index (χ4v) is 2.75. The third kappa shape index (κ3) is 3.75. The maximum atomic E-state index is 14.0. The Morgan fingerprint density at radius 1 is 1.17 bits per heavy atom. The van der Waals surface area contributed by atoms with Gasteiger partial charge in [-0.15, -0.1) is 0 Å². The molecule has 5 nitrogen and oxygen atoms in total. The minimum Gasteiger partial charge on any atom is -0.462 e. The van der Waals surface area contributed by atoms with Crippen LogP contribution in [0.2, 0.25) is 0 Å². The molecule has 0 fully saturated rings. The molecule has 0 spiro atoms. The number of hydrogen-bond donors (Lipinski definition) is 1. The highest BCUT2D eigenvalue weighted by molar-refractivity contribution is 7.89. The molecule has 0 unspecified atom stereocenters. The summed E-state index contributed by atoms with van der Waals surface area (Å²) >= 11 is 0. The van der Waals surface area contributed by atoms with E-state index in [1.54, 1.807) is 6.92 Å². The minimum absolute atomic E-state index is 0.0747. The number of nitrogens with one attached hydrogen (secondary N) is 1. The summed E-state index contributed by atoms with van der Waals surface area (Å²) in [6.45, 7) is 1.91. The van der Waals surface area contributed by atoms with Crippen molar-refractivity contribution >= 4 is 16.0 Å². The van der Waals surface area contributed by atoms with Crippen molar-refractivity contribution in [2.24, 2.45) is 0 Å². The number of halogens is 1. The fraction of sp³-hybridized carbons (Fsp3) is 0.188. The lowest BCUT2D eigenvalue weighted by atomic mass is 10.0. The number of carbonyl (C=O) groups excluding carboxylic acids is 1. The molecular weight excluding hydrogens is 321 g/mol. The SMILES string of the molecule is CCOC(=O)c1ccc(F)c(-c2ccc(S(=O)(=O)NC)cc2)c1. The van der Waals surface area contributed by atoms with E-state index in [4.69, 9.17) is 4.74 Å². The number of ether oxygens (including phenoxy) is 1. The van der Waals surface area contributed by atoms with Gasteiger partial charge in [-0.3, -0.25) is 0 Å². The minimum atomic E-state index is -3.55. The molecule has 23 heavy (non-hydrogen) atoms. The van der Waals surface area contributed by atoms with E-state index in [0.717, 1.165) is 0 Å². The summed E-state index contributed by atoms with van der Waals surface area (Å²) in [5, 5.41) is 0. The van der Waals surface area contributed by atoms with E-state index < -0.39 is 21.8 Å². The van der Waals surface area contributed by atoms with Crippen LogP contribution in [-0.2, 0) is 14.8 Å². The molecule has 0 aromatic heterocycles. The normalized spacial score (nSPS) is 11.3. The molecule has 0 saturated heterocycles. The van der Waals surface area contributed by atoms with Crippen molar-refractivity contribution in [3.05, 3.63) is 53.8 Å². The summed E-state index contributed by atoms with van der Waals surface area (Å²) in [5.41, 5.74) is 0.892. The summed E-state index contributed by atoms with van der Waals surface area (Å²) in [4.78, 5) is 11.8. The average molecular weight is 337 g/mol. The van der Waals surface area contributed by atoms with E-state index in [1.807, 2.05) is 0 Å². The third-order valence-corrected chi connectivity index (χ3v) is 4.65. The summed E-state index contributed by atoms with van der Waals surface area (Å²) in [7, 11) is -2.24. The van der Waals surface area contributed by atoms with Gasteiger partial charge in [0, 0.05) is 5.56 Å². The standard InChI is InChI=1S/C16H16FNO4S/c1-3-22-16(19)12-6-9-15(17)14(10-12)11-4-7-13(8-5-11)23(20,21)18-2/h4-10,18H,3H2,1-2H3. The number of sulfonamides is 1. The molecule has 0 saturated carbocycles. The van der Waals surface area contributed by atoms with E-state index in [1.165, 1.54) is 49.5 Å². The molecule has 0 aliphatic carbocycles. The Balaban J connectivity index is 2.42. The first-order chi connectivity index (χ1) is 10.9. The smallest absolute Gasteiger partial charge is 0.338 e. The first-order valence-electron chi connectivity index (χ1n) is 6.89. The van der Waals surface area contributed by atoms with Gasteiger partial charge in [0.25, 0.3) is 0 Å². The largest absolute Gasteiger partial charge is 0.462 e. The lowest BCUT2D eigenvalue weighted by Gasteiger charge is -2.08. The van der Waals surface area contributed by atoms with Crippen LogP contribution in [0.25, 0.3) is 11.1 Å². The van der Waals surface area contributed by atoms with Gasteiger partial charge in [-0.2, -0.15) is 0 Å². The summed E-state index contributed by atoms with van der Waals surface area (Å²) in [5.74, 6) is -1.05. The first-order valence-corrected chi connectivity index (χ1v) is 8.38. The highest BCUT2D eigenvalue weighted by Gasteiger charge is 2.14. The van der Waals surface area contributed by atoms with Gasteiger partial charge in [0.05, 0.1) is 17.1 Å². The van der Waals surface area contributed by atoms with Crippen molar-refractivity contribution < 1.29 is 22.3 Å². The maximum absolute atomic E-state index is 14.0. The average Bonchev–Trinajstić information content (AvgIpc) is 2.55. The molecule has 7 heteroatoms. The van der Waals surface area contributed by atoms with Crippen molar-refractivity contribution in [3.63, 3.8) is 0 Å². The second kappa shape index (κ2) is 6.89. The molecule has 122 valence electrons. The molecule has 1 N–H and O–H groups in total. The molecule has 2 rings (SSSR count). The molecule has 0 aliphatic heterocycles. The maximum Gasteiger partial charge on any atom is 0.338 e. The van der Waals surface area contributed by atoms with Gasteiger partial charge in [-0.05, 0) is 49.9 Å². The van der Waals surface area contributed by atoms with Crippen molar-refractivity contribution in [1.82, 2.24) is 4.72 Å². The van der Waals surface area contributed by atoms with Gasteiger partial charge in [-0.1, -0.05) is 12.1 Å². The summed E-state index contributed by atoms with van der Waals surface area (Å²) in [6.07, 6.45) is 0. The molecular formula is C16H16FNO4S. The molecule has 0 radical (unpaired) electrons.